The molecule has 3 rings (SSSR count). The van der Waals surface area contributed by atoms with Crippen LogP contribution in [0.3, 0.4) is 0 Å². The van der Waals surface area contributed by atoms with Crippen molar-refractivity contribution in [3.63, 3.8) is 0 Å². The molecule has 13 heteroatoms. The van der Waals surface area contributed by atoms with E-state index in [0.29, 0.717) is 10.6 Å². The van der Waals surface area contributed by atoms with E-state index in [4.69, 9.17) is 4.74 Å². The van der Waals surface area contributed by atoms with Gasteiger partial charge in [0.1, 0.15) is 22.8 Å². The standard InChI is InChI=1S/C16H11F4N5O4/c1-29-7-2-3-8(11(4-7)25(27)28)22-16(26)10-6-13-21-9(14(17)18)5-12(15(19)20)24(13)23-10/h2-6,14-15H,1H3,(H,22,26). The maximum absolute atomic E-state index is 13.2. The molecule has 152 valence electrons. The summed E-state index contributed by atoms with van der Waals surface area (Å²) in [6.07, 6.45) is -6.26. The molecule has 1 amide bonds. The van der Waals surface area contributed by atoms with Crippen molar-refractivity contribution < 1.29 is 32.0 Å². The maximum Gasteiger partial charge on any atom is 0.296 e. The molecule has 1 aromatic carbocycles. The largest absolute Gasteiger partial charge is 0.496 e. The lowest BCUT2D eigenvalue weighted by molar-refractivity contribution is -0.384. The monoisotopic (exact) mass is 413 g/mol. The van der Waals surface area contributed by atoms with Crippen molar-refractivity contribution in [3.05, 3.63) is 57.5 Å². The van der Waals surface area contributed by atoms with E-state index in [1.807, 2.05) is 0 Å². The molecule has 1 N–H and O–H groups in total. The Hall–Kier alpha value is -3.77. The number of fused-ring (bicyclic) bond motifs is 1. The number of nitrogens with one attached hydrogen (secondary N) is 1. The van der Waals surface area contributed by atoms with Gasteiger partial charge < -0.3 is 10.1 Å². The van der Waals surface area contributed by atoms with Crippen LogP contribution in [0.4, 0.5) is 28.9 Å². The number of benzene rings is 1. The second-order valence-corrected chi connectivity index (χ2v) is 5.60. The molecular formula is C16H11F4N5O4. The third-order valence-electron chi connectivity index (χ3n) is 3.80. The lowest BCUT2D eigenvalue weighted by Gasteiger charge is -2.06. The Balaban J connectivity index is 2.00. The van der Waals surface area contributed by atoms with Crippen LogP contribution in [0.25, 0.3) is 5.65 Å². The van der Waals surface area contributed by atoms with Gasteiger partial charge in [0.05, 0.1) is 18.1 Å². The van der Waals surface area contributed by atoms with Gasteiger partial charge in [-0.25, -0.2) is 27.1 Å². The summed E-state index contributed by atoms with van der Waals surface area (Å²) in [6.45, 7) is 0. The van der Waals surface area contributed by atoms with Crippen molar-refractivity contribution in [2.75, 3.05) is 12.4 Å². The molecule has 0 spiro atoms. The van der Waals surface area contributed by atoms with Gasteiger partial charge in [-0.15, -0.1) is 0 Å². The Morgan fingerprint density at radius 3 is 2.52 bits per heavy atom. The molecule has 0 radical (unpaired) electrons. The summed E-state index contributed by atoms with van der Waals surface area (Å²) in [7, 11) is 1.30. The first kappa shape index (κ1) is 20.0. The van der Waals surface area contributed by atoms with Crippen LogP contribution in [0.1, 0.15) is 34.7 Å². The summed E-state index contributed by atoms with van der Waals surface area (Å²) in [5, 5.41) is 17.1. The zero-order valence-corrected chi connectivity index (χ0v) is 14.5. The molecule has 0 aliphatic carbocycles. The number of rotatable bonds is 6. The van der Waals surface area contributed by atoms with Gasteiger partial charge in [-0.05, 0) is 18.2 Å². The number of carbonyl (C=O) groups excluding carboxylic acids is 1. The highest BCUT2D eigenvalue weighted by atomic mass is 19.3. The lowest BCUT2D eigenvalue weighted by atomic mass is 10.2. The van der Waals surface area contributed by atoms with E-state index in [2.05, 4.69) is 15.4 Å². The molecule has 29 heavy (non-hydrogen) atoms. The average molecular weight is 413 g/mol. The first-order valence-corrected chi connectivity index (χ1v) is 7.82. The number of hydrogen-bond acceptors (Lipinski definition) is 6. The molecule has 0 fully saturated rings. The Morgan fingerprint density at radius 2 is 1.93 bits per heavy atom. The van der Waals surface area contributed by atoms with Crippen molar-refractivity contribution in [1.82, 2.24) is 14.6 Å². The van der Waals surface area contributed by atoms with Gasteiger partial charge in [0.25, 0.3) is 24.4 Å². The van der Waals surface area contributed by atoms with Crippen molar-refractivity contribution in [2.24, 2.45) is 0 Å². The molecule has 0 aliphatic rings. The van der Waals surface area contributed by atoms with E-state index >= 15 is 0 Å². The molecule has 2 aromatic heterocycles. The molecule has 0 saturated carbocycles. The SMILES string of the molecule is COc1ccc(NC(=O)c2cc3nc(C(F)F)cc(C(F)F)n3n2)c([N+](=O)[O-])c1. The first-order valence-electron chi connectivity index (χ1n) is 7.82. The molecule has 3 aromatic rings. The number of carbonyl (C=O) groups is 1. The number of nitrogens with zero attached hydrogens (tertiary/aromatic N) is 4. The second-order valence-electron chi connectivity index (χ2n) is 5.60. The van der Waals surface area contributed by atoms with Crippen molar-refractivity contribution >= 4 is 22.9 Å². The quantitative estimate of drug-likeness (QED) is 0.374. The number of hydrogen-bond donors (Lipinski definition) is 1. The lowest BCUT2D eigenvalue weighted by Crippen LogP contribution is -2.14. The fraction of sp³-hybridized carbons (Fsp3) is 0.188. The molecular weight excluding hydrogens is 402 g/mol. The molecule has 9 nitrogen and oxygen atoms in total. The number of alkyl halides is 4. The fourth-order valence-electron chi connectivity index (χ4n) is 2.48. The number of nitro groups is 1. The highest BCUT2D eigenvalue weighted by molar-refractivity contribution is 6.04. The van der Waals surface area contributed by atoms with Gasteiger partial charge in [0.15, 0.2) is 11.3 Å². The highest BCUT2D eigenvalue weighted by Gasteiger charge is 2.23. The topological polar surface area (TPSA) is 112 Å². The maximum atomic E-state index is 13.2. The van der Waals surface area contributed by atoms with E-state index in [1.165, 1.54) is 19.2 Å². The molecule has 2 heterocycles. The Bertz CT molecular complexity index is 1100. The zero-order chi connectivity index (χ0) is 21.3. The number of amides is 1. The molecule has 0 atom stereocenters. The average Bonchev–Trinajstić information content (AvgIpc) is 3.11. The van der Waals surface area contributed by atoms with Crippen LogP contribution in [-0.2, 0) is 0 Å². The molecule has 0 bridgehead atoms. The summed E-state index contributed by atoms with van der Waals surface area (Å²) >= 11 is 0. The van der Waals surface area contributed by atoms with Gasteiger partial charge in [-0.3, -0.25) is 14.9 Å². The van der Waals surface area contributed by atoms with E-state index in [1.54, 1.807) is 0 Å². The van der Waals surface area contributed by atoms with Crippen LogP contribution in [0.5, 0.6) is 5.75 Å². The number of aromatic nitrogens is 3. The van der Waals surface area contributed by atoms with Crippen LogP contribution < -0.4 is 10.1 Å². The number of ether oxygens (including phenoxy) is 1. The number of methoxy groups -OCH3 is 1. The molecule has 0 unspecified atom stereocenters. The minimum atomic E-state index is -3.16. The van der Waals surface area contributed by atoms with Gasteiger partial charge in [-0.2, -0.15) is 5.10 Å². The van der Waals surface area contributed by atoms with Crippen LogP contribution in [-0.4, -0.2) is 32.5 Å². The normalized spacial score (nSPS) is 11.3. The second kappa shape index (κ2) is 7.69. The minimum absolute atomic E-state index is 0.174. The fourth-order valence-corrected chi connectivity index (χ4v) is 2.48. The van der Waals surface area contributed by atoms with Crippen molar-refractivity contribution in [3.8, 4) is 5.75 Å². The van der Waals surface area contributed by atoms with Gasteiger partial charge in [0, 0.05) is 6.07 Å². The summed E-state index contributed by atoms with van der Waals surface area (Å²) in [5.74, 6) is -0.810. The van der Waals surface area contributed by atoms with E-state index in [9.17, 15) is 32.5 Å². The smallest absolute Gasteiger partial charge is 0.296 e. The van der Waals surface area contributed by atoms with Gasteiger partial charge >= 0.3 is 0 Å². The summed E-state index contributed by atoms with van der Waals surface area (Å²) in [5.41, 5.74) is -3.30. The van der Waals surface area contributed by atoms with Crippen LogP contribution in [0.15, 0.2) is 30.3 Å². The van der Waals surface area contributed by atoms with E-state index < -0.39 is 52.1 Å². The van der Waals surface area contributed by atoms with Gasteiger partial charge in [-0.1, -0.05) is 0 Å². The molecule has 0 saturated heterocycles. The van der Waals surface area contributed by atoms with Crippen molar-refractivity contribution in [1.29, 1.82) is 0 Å². The highest BCUT2D eigenvalue weighted by Crippen LogP contribution is 2.30. The predicted octanol–water partition coefficient (Wildman–Crippen LogP) is 3.77. The minimum Gasteiger partial charge on any atom is -0.496 e. The Morgan fingerprint density at radius 1 is 1.21 bits per heavy atom. The van der Waals surface area contributed by atoms with Crippen LogP contribution >= 0.6 is 0 Å². The third kappa shape index (κ3) is 3.93. The Kier molecular flexibility index (Phi) is 5.30. The van der Waals surface area contributed by atoms with Gasteiger partial charge in [0.2, 0.25) is 0 Å². The van der Waals surface area contributed by atoms with E-state index in [-0.39, 0.29) is 11.4 Å². The summed E-state index contributed by atoms with van der Waals surface area (Å²) in [4.78, 5) is 26.3. The third-order valence-corrected chi connectivity index (χ3v) is 3.80. The number of halogens is 4. The molecule has 0 aliphatic heterocycles. The predicted molar refractivity (Wildman–Crippen MR) is 90.5 cm³/mol. The zero-order valence-electron chi connectivity index (χ0n) is 14.5. The van der Waals surface area contributed by atoms with Crippen LogP contribution in [0.2, 0.25) is 0 Å². The first-order chi connectivity index (χ1) is 13.7. The number of anilines is 1. The van der Waals surface area contributed by atoms with Crippen LogP contribution in [0, 0.1) is 10.1 Å². The van der Waals surface area contributed by atoms with Crippen molar-refractivity contribution in [2.45, 2.75) is 12.9 Å². The summed E-state index contributed by atoms with van der Waals surface area (Å²) < 4.78 is 57.6. The summed E-state index contributed by atoms with van der Waals surface area (Å²) in [6, 6.07) is 5.05. The number of nitro benzene ring substituents is 1. The van der Waals surface area contributed by atoms with E-state index in [0.717, 1.165) is 12.1 Å². The Labute approximate surface area is 159 Å².